The average Bonchev–Trinajstić information content (AvgIpc) is 2.37. The number of aliphatic hydroxyl groups is 1. The van der Waals surface area contributed by atoms with E-state index in [1.54, 1.807) is 0 Å². The molecule has 1 rings (SSSR count). The lowest BCUT2D eigenvalue weighted by Gasteiger charge is -2.19. The van der Waals surface area contributed by atoms with Gasteiger partial charge in [0.25, 0.3) is 0 Å². The Kier molecular flexibility index (Phi) is 6.89. The standard InChI is InChI=1S/C16H27NO2/c1-16(2,3)14-6-8-15(9-7-14)19-13-5-4-10-17-11-12-18/h6-9,17-18H,4-5,10-13H2,1-3H3/p+1. The summed E-state index contributed by atoms with van der Waals surface area (Å²) >= 11 is 0. The molecule has 0 atom stereocenters. The van der Waals surface area contributed by atoms with Crippen LogP contribution in [0.3, 0.4) is 0 Å². The first kappa shape index (κ1) is 16.0. The van der Waals surface area contributed by atoms with Crippen molar-refractivity contribution in [3.8, 4) is 5.75 Å². The third-order valence-corrected chi connectivity index (χ3v) is 3.12. The Labute approximate surface area is 117 Å². The zero-order valence-electron chi connectivity index (χ0n) is 12.5. The molecule has 0 unspecified atom stereocenters. The van der Waals surface area contributed by atoms with Crippen molar-refractivity contribution in [3.05, 3.63) is 29.8 Å². The van der Waals surface area contributed by atoms with Gasteiger partial charge in [0.1, 0.15) is 5.75 Å². The van der Waals surface area contributed by atoms with E-state index >= 15 is 0 Å². The molecule has 0 saturated carbocycles. The maximum atomic E-state index is 8.64. The third-order valence-electron chi connectivity index (χ3n) is 3.12. The normalized spacial score (nSPS) is 11.6. The minimum absolute atomic E-state index is 0.196. The second-order valence-corrected chi connectivity index (χ2v) is 5.92. The molecule has 19 heavy (non-hydrogen) atoms. The smallest absolute Gasteiger partial charge is 0.119 e. The van der Waals surface area contributed by atoms with Crippen LogP contribution in [0.25, 0.3) is 0 Å². The predicted octanol–water partition coefficient (Wildman–Crippen LogP) is 1.70. The summed E-state index contributed by atoms with van der Waals surface area (Å²) < 4.78 is 5.72. The number of hydrogen-bond acceptors (Lipinski definition) is 2. The first-order chi connectivity index (χ1) is 9.04. The molecular weight excluding hydrogens is 238 g/mol. The summed E-state index contributed by atoms with van der Waals surface area (Å²) in [6, 6.07) is 8.39. The van der Waals surface area contributed by atoms with Gasteiger partial charge in [-0.15, -0.1) is 0 Å². The Morgan fingerprint density at radius 3 is 2.32 bits per heavy atom. The van der Waals surface area contributed by atoms with Crippen molar-refractivity contribution >= 4 is 0 Å². The van der Waals surface area contributed by atoms with Crippen LogP contribution in [-0.4, -0.2) is 31.4 Å². The van der Waals surface area contributed by atoms with Crippen molar-refractivity contribution in [3.63, 3.8) is 0 Å². The molecule has 3 N–H and O–H groups in total. The van der Waals surface area contributed by atoms with Gasteiger partial charge in [0.2, 0.25) is 0 Å². The highest BCUT2D eigenvalue weighted by Gasteiger charge is 2.12. The monoisotopic (exact) mass is 266 g/mol. The summed E-state index contributed by atoms with van der Waals surface area (Å²) in [5.41, 5.74) is 1.53. The summed E-state index contributed by atoms with van der Waals surface area (Å²) in [4.78, 5) is 0. The quantitative estimate of drug-likeness (QED) is 0.704. The number of rotatable bonds is 8. The Morgan fingerprint density at radius 2 is 1.74 bits per heavy atom. The molecule has 0 radical (unpaired) electrons. The van der Waals surface area contributed by atoms with E-state index in [4.69, 9.17) is 9.84 Å². The maximum absolute atomic E-state index is 8.64. The van der Waals surface area contributed by atoms with Crippen LogP contribution < -0.4 is 10.1 Å². The molecule has 0 aliphatic carbocycles. The zero-order valence-corrected chi connectivity index (χ0v) is 12.5. The van der Waals surface area contributed by atoms with Gasteiger partial charge in [0, 0.05) is 0 Å². The second kappa shape index (κ2) is 8.18. The van der Waals surface area contributed by atoms with Gasteiger partial charge in [-0.1, -0.05) is 32.9 Å². The van der Waals surface area contributed by atoms with Gasteiger partial charge in [-0.2, -0.15) is 0 Å². The number of aliphatic hydroxyl groups excluding tert-OH is 1. The number of benzene rings is 1. The summed E-state index contributed by atoms with van der Waals surface area (Å²) in [5.74, 6) is 0.951. The topological polar surface area (TPSA) is 46.1 Å². The van der Waals surface area contributed by atoms with Crippen molar-refractivity contribution in [1.82, 2.24) is 0 Å². The van der Waals surface area contributed by atoms with Gasteiger partial charge in [0.15, 0.2) is 0 Å². The molecule has 0 aliphatic rings. The summed E-state index contributed by atoms with van der Waals surface area (Å²) in [7, 11) is 0. The van der Waals surface area contributed by atoms with Gasteiger partial charge >= 0.3 is 0 Å². The van der Waals surface area contributed by atoms with E-state index in [1.807, 2.05) is 0 Å². The highest BCUT2D eigenvalue weighted by molar-refractivity contribution is 5.31. The van der Waals surface area contributed by atoms with E-state index < -0.39 is 0 Å². The Hall–Kier alpha value is -1.06. The molecular formula is C16H28NO2+. The largest absolute Gasteiger partial charge is 0.494 e. The number of nitrogens with two attached hydrogens (primary N) is 1. The molecule has 3 heteroatoms. The minimum atomic E-state index is 0.196. The Bertz CT molecular complexity index is 341. The number of hydrogen-bond donors (Lipinski definition) is 2. The molecule has 1 aromatic rings. The van der Waals surface area contributed by atoms with Crippen LogP contribution in [0.1, 0.15) is 39.2 Å². The van der Waals surface area contributed by atoms with Crippen LogP contribution in [0.5, 0.6) is 5.75 Å². The Morgan fingerprint density at radius 1 is 1.05 bits per heavy atom. The summed E-state index contributed by atoms with van der Waals surface area (Å²) in [5, 5.41) is 10.8. The lowest BCUT2D eigenvalue weighted by molar-refractivity contribution is -0.656. The van der Waals surface area contributed by atoms with Crippen LogP contribution in [0.4, 0.5) is 0 Å². The first-order valence-corrected chi connectivity index (χ1v) is 7.20. The highest BCUT2D eigenvalue weighted by atomic mass is 16.5. The first-order valence-electron chi connectivity index (χ1n) is 7.20. The van der Waals surface area contributed by atoms with Crippen LogP contribution in [0.2, 0.25) is 0 Å². The van der Waals surface area contributed by atoms with Gasteiger partial charge in [0.05, 0.1) is 26.3 Å². The van der Waals surface area contributed by atoms with Crippen molar-refractivity contribution in [2.24, 2.45) is 0 Å². The van der Waals surface area contributed by atoms with Crippen molar-refractivity contribution in [1.29, 1.82) is 0 Å². The molecule has 0 amide bonds. The number of quaternary nitrogens is 1. The van der Waals surface area contributed by atoms with Gasteiger partial charge in [-0.3, -0.25) is 0 Å². The lowest BCUT2D eigenvalue weighted by Crippen LogP contribution is -2.85. The molecule has 0 aromatic heterocycles. The summed E-state index contributed by atoms with van der Waals surface area (Å²) in [6.07, 6.45) is 2.18. The molecule has 3 nitrogen and oxygen atoms in total. The second-order valence-electron chi connectivity index (χ2n) is 5.92. The lowest BCUT2D eigenvalue weighted by atomic mass is 9.87. The molecule has 0 bridgehead atoms. The van der Waals surface area contributed by atoms with Crippen molar-refractivity contribution in [2.75, 3.05) is 26.3 Å². The highest BCUT2D eigenvalue weighted by Crippen LogP contribution is 2.24. The third kappa shape index (κ3) is 6.60. The maximum Gasteiger partial charge on any atom is 0.119 e. The van der Waals surface area contributed by atoms with Crippen molar-refractivity contribution in [2.45, 2.75) is 39.0 Å². The van der Waals surface area contributed by atoms with Crippen molar-refractivity contribution < 1.29 is 15.2 Å². The fourth-order valence-electron chi connectivity index (χ4n) is 1.87. The molecule has 108 valence electrons. The number of unbranched alkanes of at least 4 members (excludes halogenated alkanes) is 1. The van der Waals surface area contributed by atoms with Gasteiger partial charge in [-0.25, -0.2) is 0 Å². The van der Waals surface area contributed by atoms with Crippen LogP contribution in [-0.2, 0) is 5.41 Å². The fourth-order valence-corrected chi connectivity index (χ4v) is 1.87. The fraction of sp³-hybridized carbons (Fsp3) is 0.625. The summed E-state index contributed by atoms with van der Waals surface area (Å²) in [6.45, 7) is 9.53. The zero-order chi connectivity index (χ0) is 14.1. The number of ether oxygens (including phenoxy) is 1. The van der Waals surface area contributed by atoms with E-state index in [2.05, 4.69) is 50.4 Å². The van der Waals surface area contributed by atoms with E-state index in [-0.39, 0.29) is 12.0 Å². The average molecular weight is 266 g/mol. The van der Waals surface area contributed by atoms with E-state index in [0.717, 1.165) is 38.3 Å². The van der Waals surface area contributed by atoms with Gasteiger partial charge in [-0.05, 0) is 36.0 Å². The SMILES string of the molecule is CC(C)(C)c1ccc(OCCCC[NH2+]CCO)cc1. The minimum Gasteiger partial charge on any atom is -0.494 e. The van der Waals surface area contributed by atoms with E-state index in [9.17, 15) is 0 Å². The molecule has 0 aliphatic heterocycles. The Balaban J connectivity index is 2.20. The molecule has 0 saturated heterocycles. The van der Waals surface area contributed by atoms with E-state index in [1.165, 1.54) is 5.56 Å². The van der Waals surface area contributed by atoms with Crippen LogP contribution in [0, 0.1) is 0 Å². The molecule has 0 heterocycles. The van der Waals surface area contributed by atoms with E-state index in [0.29, 0.717) is 0 Å². The predicted molar refractivity (Wildman–Crippen MR) is 78.6 cm³/mol. The van der Waals surface area contributed by atoms with Crippen LogP contribution >= 0.6 is 0 Å². The van der Waals surface area contributed by atoms with Crippen LogP contribution in [0.15, 0.2) is 24.3 Å². The van der Waals surface area contributed by atoms with Gasteiger partial charge < -0.3 is 15.2 Å². The molecule has 0 fully saturated rings. The molecule has 1 aromatic carbocycles. The molecule has 0 spiro atoms.